The molecule has 1 aromatic heterocycles. The summed E-state index contributed by atoms with van der Waals surface area (Å²) >= 11 is 0. The Morgan fingerprint density at radius 3 is 1.96 bits per heavy atom. The largest absolute Gasteiger partial charge is 0.248 e. The van der Waals surface area contributed by atoms with E-state index >= 15 is 0 Å². The van der Waals surface area contributed by atoms with E-state index in [4.69, 9.17) is 4.98 Å². The monoisotopic (exact) mass is 685 g/mol. The van der Waals surface area contributed by atoms with Gasteiger partial charge in [0, 0.05) is 5.56 Å². The zero-order valence-corrected chi connectivity index (χ0v) is 30.0. The maximum absolute atomic E-state index is 5.38. The SMILES string of the molecule is C=C/C=C\C(=C/C)c1cc(-c2ccccc2)cc(-c2ccc3c(c2)C2(c4ccccc4-3)c3ccccc3-c3c2cc2c4c(cccc34)-c3ccccc3-2)n1. The van der Waals surface area contributed by atoms with Crippen LogP contribution in [0.5, 0.6) is 0 Å². The quantitative estimate of drug-likeness (QED) is 0.164. The zero-order valence-electron chi connectivity index (χ0n) is 30.0. The molecule has 0 N–H and O–H groups in total. The van der Waals surface area contributed by atoms with E-state index in [-0.39, 0.29) is 0 Å². The fourth-order valence-electron chi connectivity index (χ4n) is 9.78. The normalized spacial score (nSPS) is 15.7. The van der Waals surface area contributed by atoms with Gasteiger partial charge in [0.15, 0.2) is 0 Å². The maximum Gasteiger partial charge on any atom is 0.0726 e. The number of benzene rings is 7. The van der Waals surface area contributed by atoms with Gasteiger partial charge >= 0.3 is 0 Å². The van der Waals surface area contributed by atoms with Crippen molar-refractivity contribution in [2.75, 3.05) is 0 Å². The van der Waals surface area contributed by atoms with Crippen molar-refractivity contribution in [3.05, 3.63) is 217 Å². The van der Waals surface area contributed by atoms with Crippen molar-refractivity contribution < 1.29 is 0 Å². The second kappa shape index (κ2) is 11.6. The Kier molecular flexibility index (Phi) is 6.60. The molecule has 3 aliphatic carbocycles. The van der Waals surface area contributed by atoms with Crippen LogP contribution in [0.15, 0.2) is 189 Å². The average molecular weight is 686 g/mol. The number of hydrogen-bond donors (Lipinski definition) is 0. The minimum absolute atomic E-state index is 0.493. The van der Waals surface area contributed by atoms with Gasteiger partial charge in [0.1, 0.15) is 0 Å². The smallest absolute Gasteiger partial charge is 0.0726 e. The first-order chi connectivity index (χ1) is 26.7. The minimum Gasteiger partial charge on any atom is -0.248 e. The topological polar surface area (TPSA) is 12.9 Å². The third-order valence-corrected chi connectivity index (χ3v) is 12.0. The Morgan fingerprint density at radius 1 is 0.519 bits per heavy atom. The van der Waals surface area contributed by atoms with Crippen LogP contribution in [0.25, 0.3) is 83.2 Å². The summed E-state index contributed by atoms with van der Waals surface area (Å²) in [7, 11) is 0. The van der Waals surface area contributed by atoms with Crippen molar-refractivity contribution in [2.45, 2.75) is 12.3 Å². The molecule has 252 valence electrons. The Hall–Kier alpha value is -6.83. The standard InChI is InChI=1S/C53H35N/c1-3-5-16-33(4-2)49-30-36(34-17-7-6-8-18-34)31-50(54-49)35-27-28-40-39-21-11-13-25-45(39)53(47(40)29-35)46-26-14-12-22-42(46)52-43-24-15-23-41-37-19-9-10-20-38(37)44(51(41)43)32-48(52)53/h3-32H,1H2,2H3/b16-5-,33-4+. The van der Waals surface area contributed by atoms with E-state index in [1.165, 1.54) is 83.1 Å². The van der Waals surface area contributed by atoms with Crippen LogP contribution in [-0.2, 0) is 5.41 Å². The summed E-state index contributed by atoms with van der Waals surface area (Å²) in [5.74, 6) is 0. The van der Waals surface area contributed by atoms with Crippen LogP contribution in [0.1, 0.15) is 34.9 Å². The van der Waals surface area contributed by atoms with E-state index in [9.17, 15) is 0 Å². The van der Waals surface area contributed by atoms with Crippen molar-refractivity contribution >= 4 is 16.3 Å². The lowest BCUT2D eigenvalue weighted by atomic mass is 9.69. The molecule has 1 unspecified atom stereocenters. The van der Waals surface area contributed by atoms with Gasteiger partial charge in [-0.15, -0.1) is 0 Å². The van der Waals surface area contributed by atoms with Crippen molar-refractivity contribution in [1.82, 2.24) is 4.98 Å². The Labute approximate surface area is 316 Å². The lowest BCUT2D eigenvalue weighted by Gasteiger charge is -2.31. The molecule has 0 bridgehead atoms. The van der Waals surface area contributed by atoms with Gasteiger partial charge in [-0.25, -0.2) is 4.98 Å². The molecule has 1 spiro atoms. The van der Waals surface area contributed by atoms with Crippen molar-refractivity contribution in [3.8, 4) is 66.9 Å². The first kappa shape index (κ1) is 30.8. The fourth-order valence-corrected chi connectivity index (χ4v) is 9.78. The third kappa shape index (κ3) is 4.07. The lowest BCUT2D eigenvalue weighted by Crippen LogP contribution is -2.26. The summed E-state index contributed by atoms with van der Waals surface area (Å²) in [5.41, 5.74) is 21.8. The summed E-state index contributed by atoms with van der Waals surface area (Å²) in [6, 6.07) is 58.7. The number of aromatic nitrogens is 1. The molecule has 54 heavy (non-hydrogen) atoms. The van der Waals surface area contributed by atoms with Crippen LogP contribution in [0.2, 0.25) is 0 Å². The molecule has 1 heteroatoms. The molecule has 0 saturated carbocycles. The Morgan fingerprint density at radius 2 is 1.19 bits per heavy atom. The fraction of sp³-hybridized carbons (Fsp3) is 0.0377. The summed E-state index contributed by atoms with van der Waals surface area (Å²) in [6.45, 7) is 5.99. The second-order valence-corrected chi connectivity index (χ2v) is 14.6. The molecular formula is C53H35N. The first-order valence-electron chi connectivity index (χ1n) is 18.8. The molecule has 11 rings (SSSR count). The van der Waals surface area contributed by atoms with Crippen LogP contribution >= 0.6 is 0 Å². The van der Waals surface area contributed by atoms with Gasteiger partial charge in [0.05, 0.1) is 16.8 Å². The second-order valence-electron chi connectivity index (χ2n) is 14.6. The molecule has 0 fully saturated rings. The Bertz CT molecular complexity index is 2960. The van der Waals surface area contributed by atoms with E-state index in [2.05, 4.69) is 183 Å². The highest BCUT2D eigenvalue weighted by Crippen LogP contribution is 2.65. The van der Waals surface area contributed by atoms with Crippen molar-refractivity contribution in [1.29, 1.82) is 0 Å². The molecule has 0 radical (unpaired) electrons. The Balaban J connectivity index is 1.22. The van der Waals surface area contributed by atoms with E-state index < -0.39 is 5.41 Å². The molecule has 1 heterocycles. The van der Waals surface area contributed by atoms with Gasteiger partial charge in [-0.2, -0.15) is 0 Å². The predicted molar refractivity (Wildman–Crippen MR) is 226 cm³/mol. The number of allylic oxidation sites excluding steroid dienone is 5. The van der Waals surface area contributed by atoms with E-state index in [0.717, 1.165) is 28.1 Å². The lowest BCUT2D eigenvalue weighted by molar-refractivity contribution is 0.795. The summed E-state index contributed by atoms with van der Waals surface area (Å²) in [5, 5.41) is 2.69. The molecular weight excluding hydrogens is 651 g/mol. The summed E-state index contributed by atoms with van der Waals surface area (Å²) in [4.78, 5) is 5.38. The molecule has 8 aromatic rings. The molecule has 0 aliphatic heterocycles. The van der Waals surface area contributed by atoms with Gasteiger partial charge < -0.3 is 0 Å². The van der Waals surface area contributed by atoms with E-state index in [0.29, 0.717) is 0 Å². The highest BCUT2D eigenvalue weighted by Gasteiger charge is 2.52. The number of hydrogen-bond acceptors (Lipinski definition) is 1. The van der Waals surface area contributed by atoms with Crippen molar-refractivity contribution in [3.63, 3.8) is 0 Å². The van der Waals surface area contributed by atoms with Gasteiger partial charge in [0.2, 0.25) is 0 Å². The van der Waals surface area contributed by atoms with Crippen molar-refractivity contribution in [2.24, 2.45) is 0 Å². The minimum atomic E-state index is -0.493. The van der Waals surface area contributed by atoms with Crippen LogP contribution in [-0.4, -0.2) is 4.98 Å². The maximum atomic E-state index is 5.38. The zero-order chi connectivity index (χ0) is 36.0. The van der Waals surface area contributed by atoms with Crippen LogP contribution < -0.4 is 0 Å². The van der Waals surface area contributed by atoms with Crippen LogP contribution in [0.3, 0.4) is 0 Å². The molecule has 1 nitrogen and oxygen atoms in total. The molecule has 1 atom stereocenters. The summed E-state index contributed by atoms with van der Waals surface area (Å²) in [6.07, 6.45) is 8.01. The molecule has 7 aromatic carbocycles. The number of pyridine rings is 1. The predicted octanol–water partition coefficient (Wildman–Crippen LogP) is 13.7. The van der Waals surface area contributed by atoms with Crippen LogP contribution in [0, 0.1) is 0 Å². The number of nitrogens with zero attached hydrogens (tertiary/aromatic N) is 1. The van der Waals surface area contributed by atoms with E-state index in [1.807, 2.05) is 12.2 Å². The number of rotatable bonds is 5. The first-order valence-corrected chi connectivity index (χ1v) is 18.8. The van der Waals surface area contributed by atoms with Gasteiger partial charge in [-0.3, -0.25) is 0 Å². The molecule has 0 amide bonds. The summed E-state index contributed by atoms with van der Waals surface area (Å²) < 4.78 is 0. The highest BCUT2D eigenvalue weighted by atomic mass is 14.7. The highest BCUT2D eigenvalue weighted by molar-refractivity contribution is 6.21. The van der Waals surface area contributed by atoms with Gasteiger partial charge in [-0.1, -0.05) is 164 Å². The molecule has 0 saturated heterocycles. The third-order valence-electron chi connectivity index (χ3n) is 12.0. The van der Waals surface area contributed by atoms with E-state index in [1.54, 1.807) is 0 Å². The van der Waals surface area contributed by atoms with Gasteiger partial charge in [0.25, 0.3) is 0 Å². The molecule has 3 aliphatic rings. The van der Waals surface area contributed by atoms with Gasteiger partial charge in [-0.05, 0) is 125 Å². The average Bonchev–Trinajstić information content (AvgIpc) is 3.84. The number of fused-ring (bicyclic) bond motifs is 14. The van der Waals surface area contributed by atoms with Crippen LogP contribution in [0.4, 0.5) is 0 Å².